The molecule has 2 aromatic rings. The van der Waals surface area contributed by atoms with E-state index < -0.39 is 17.9 Å². The van der Waals surface area contributed by atoms with Crippen molar-refractivity contribution in [1.82, 2.24) is 4.98 Å². The molecule has 1 aromatic carbocycles. The summed E-state index contributed by atoms with van der Waals surface area (Å²) < 4.78 is 14.1. The number of fused-ring (bicyclic) bond motifs is 1. The van der Waals surface area contributed by atoms with E-state index in [0.29, 0.717) is 16.6 Å². The predicted octanol–water partition coefficient (Wildman–Crippen LogP) is 1.82. The normalized spacial score (nSPS) is 10.4. The van der Waals surface area contributed by atoms with Crippen LogP contribution < -0.4 is 0 Å². The molecule has 0 aliphatic rings. The summed E-state index contributed by atoms with van der Waals surface area (Å²) in [5.74, 6) is -2.01. The molecule has 0 amide bonds. The lowest BCUT2D eigenvalue weighted by Gasteiger charge is -2.12. The zero-order chi connectivity index (χ0) is 18.6. The number of thioether (sulfide) groups is 1. The van der Waals surface area contributed by atoms with Gasteiger partial charge in [0.15, 0.2) is 6.29 Å². The van der Waals surface area contributed by atoms with Crippen LogP contribution in [0.5, 0.6) is 0 Å². The zero-order valence-corrected chi connectivity index (χ0v) is 14.5. The third kappa shape index (κ3) is 3.50. The van der Waals surface area contributed by atoms with Crippen LogP contribution in [0.15, 0.2) is 17.2 Å². The van der Waals surface area contributed by atoms with E-state index in [1.54, 1.807) is 0 Å². The zero-order valence-electron chi connectivity index (χ0n) is 13.7. The highest BCUT2D eigenvalue weighted by Crippen LogP contribution is 2.35. The van der Waals surface area contributed by atoms with Crippen LogP contribution in [0.25, 0.3) is 10.9 Å². The first-order valence-electron chi connectivity index (χ1n) is 6.97. The Bertz CT molecular complexity index is 856. The fraction of sp³-hybridized carbons (Fsp3) is 0.250. The Morgan fingerprint density at radius 3 is 2.36 bits per heavy atom. The molecule has 0 radical (unpaired) electrons. The smallest absolute Gasteiger partial charge is 0.340 e. The first-order chi connectivity index (χ1) is 12.0. The van der Waals surface area contributed by atoms with Gasteiger partial charge < -0.3 is 19.2 Å². The largest absolute Gasteiger partial charge is 0.468 e. The van der Waals surface area contributed by atoms with E-state index in [2.05, 4.69) is 9.72 Å². The molecule has 0 unspecified atom stereocenters. The lowest BCUT2D eigenvalue weighted by Crippen LogP contribution is -2.13. The van der Waals surface area contributed by atoms with Crippen molar-refractivity contribution >= 4 is 46.9 Å². The van der Waals surface area contributed by atoms with Gasteiger partial charge in [0.25, 0.3) is 0 Å². The highest BCUT2D eigenvalue weighted by Gasteiger charge is 2.26. The van der Waals surface area contributed by atoms with Crippen LogP contribution in [-0.4, -0.2) is 56.3 Å². The van der Waals surface area contributed by atoms with E-state index in [9.17, 15) is 19.2 Å². The number of methoxy groups -OCH3 is 3. The summed E-state index contributed by atoms with van der Waals surface area (Å²) in [5.41, 5.74) is 0.460. The van der Waals surface area contributed by atoms with Gasteiger partial charge in [-0.2, -0.15) is 0 Å². The molecule has 0 spiro atoms. The minimum atomic E-state index is -0.755. The number of esters is 3. The summed E-state index contributed by atoms with van der Waals surface area (Å²) in [6.07, 6.45) is 2.02. The summed E-state index contributed by atoms with van der Waals surface area (Å²) in [6.45, 7) is 0. The Hall–Kier alpha value is -2.81. The lowest BCUT2D eigenvalue weighted by atomic mass is 10.0. The second kappa shape index (κ2) is 7.84. The molecular formula is C16H15NO7S. The second-order valence-electron chi connectivity index (χ2n) is 4.76. The number of hydrogen-bond acceptors (Lipinski definition) is 8. The lowest BCUT2D eigenvalue weighted by molar-refractivity contribution is -0.137. The number of aromatic nitrogens is 1. The van der Waals surface area contributed by atoms with Gasteiger partial charge in [-0.1, -0.05) is 0 Å². The fourth-order valence-electron chi connectivity index (χ4n) is 2.30. The van der Waals surface area contributed by atoms with E-state index in [0.717, 1.165) is 11.8 Å². The standard InChI is InChI=1S/C16H15NO7S/c1-22-11(19)7-25-10-4-9(15(20)23-2)13(16(21)24-3)14-12(10)8(6-18)5-17-14/h4-6,17H,7H2,1-3H3. The first-order valence-corrected chi connectivity index (χ1v) is 7.96. The maximum Gasteiger partial charge on any atom is 0.340 e. The number of H-pyrrole nitrogens is 1. The topological polar surface area (TPSA) is 112 Å². The van der Waals surface area contributed by atoms with Crippen LogP contribution >= 0.6 is 11.8 Å². The number of rotatable bonds is 6. The van der Waals surface area contributed by atoms with Crippen molar-refractivity contribution in [2.24, 2.45) is 0 Å². The van der Waals surface area contributed by atoms with Gasteiger partial charge in [0.2, 0.25) is 0 Å². The molecule has 9 heteroatoms. The molecule has 1 N–H and O–H groups in total. The fourth-order valence-corrected chi connectivity index (χ4v) is 3.26. The number of ether oxygens (including phenoxy) is 3. The van der Waals surface area contributed by atoms with Gasteiger partial charge in [0.1, 0.15) is 0 Å². The van der Waals surface area contributed by atoms with Crippen molar-refractivity contribution in [1.29, 1.82) is 0 Å². The van der Waals surface area contributed by atoms with E-state index in [1.807, 2.05) is 0 Å². The summed E-state index contributed by atoms with van der Waals surface area (Å²) in [4.78, 5) is 50.3. The number of carbonyl (C=O) groups excluding carboxylic acids is 4. The summed E-state index contributed by atoms with van der Waals surface area (Å²) in [7, 11) is 3.62. The SMILES string of the molecule is COC(=O)CSc1cc(C(=O)OC)c(C(=O)OC)c2[nH]cc(C=O)c12. The van der Waals surface area contributed by atoms with Crippen molar-refractivity contribution in [3.8, 4) is 0 Å². The average molecular weight is 365 g/mol. The number of carbonyl (C=O) groups is 4. The second-order valence-corrected chi connectivity index (χ2v) is 5.77. The third-order valence-corrected chi connectivity index (χ3v) is 4.46. The molecule has 0 saturated heterocycles. The molecule has 2 rings (SSSR count). The van der Waals surface area contributed by atoms with Crippen molar-refractivity contribution < 1.29 is 33.4 Å². The van der Waals surface area contributed by atoms with Gasteiger partial charge in [-0.15, -0.1) is 11.8 Å². The number of aldehydes is 1. The highest BCUT2D eigenvalue weighted by atomic mass is 32.2. The Kier molecular flexibility index (Phi) is 5.81. The maximum atomic E-state index is 12.2. The van der Waals surface area contributed by atoms with Gasteiger partial charge in [-0.05, 0) is 6.07 Å². The molecule has 0 bridgehead atoms. The molecule has 132 valence electrons. The monoisotopic (exact) mass is 365 g/mol. The summed E-state index contributed by atoms with van der Waals surface area (Å²) in [5, 5.41) is 0.414. The van der Waals surface area contributed by atoms with E-state index in [4.69, 9.17) is 9.47 Å². The predicted molar refractivity (Wildman–Crippen MR) is 89.1 cm³/mol. The molecule has 0 aliphatic carbocycles. The molecule has 0 saturated carbocycles. The van der Waals surface area contributed by atoms with Gasteiger partial charge in [0, 0.05) is 22.0 Å². The van der Waals surface area contributed by atoms with Crippen LogP contribution in [0.2, 0.25) is 0 Å². The Morgan fingerprint density at radius 2 is 1.80 bits per heavy atom. The Balaban J connectivity index is 2.76. The molecule has 1 heterocycles. The number of hydrogen-bond donors (Lipinski definition) is 1. The van der Waals surface area contributed by atoms with Gasteiger partial charge >= 0.3 is 17.9 Å². The Labute approximate surface area is 146 Å². The van der Waals surface area contributed by atoms with E-state index in [-0.39, 0.29) is 28.0 Å². The Morgan fingerprint density at radius 1 is 1.12 bits per heavy atom. The number of benzene rings is 1. The minimum absolute atomic E-state index is 0.0338. The molecule has 1 aromatic heterocycles. The van der Waals surface area contributed by atoms with Gasteiger partial charge in [-0.25, -0.2) is 9.59 Å². The van der Waals surface area contributed by atoms with Crippen LogP contribution in [-0.2, 0) is 19.0 Å². The van der Waals surface area contributed by atoms with Crippen molar-refractivity contribution in [2.75, 3.05) is 27.1 Å². The maximum absolute atomic E-state index is 12.2. The van der Waals surface area contributed by atoms with Crippen molar-refractivity contribution in [3.63, 3.8) is 0 Å². The van der Waals surface area contributed by atoms with Crippen LogP contribution in [0.4, 0.5) is 0 Å². The number of aromatic amines is 1. The molecule has 0 fully saturated rings. The molecule has 25 heavy (non-hydrogen) atoms. The van der Waals surface area contributed by atoms with Crippen LogP contribution in [0, 0.1) is 0 Å². The van der Waals surface area contributed by atoms with Crippen LogP contribution in [0.3, 0.4) is 0 Å². The number of nitrogens with one attached hydrogen (secondary N) is 1. The quantitative estimate of drug-likeness (QED) is 0.357. The molecule has 0 atom stereocenters. The molecule has 0 aliphatic heterocycles. The molecular weight excluding hydrogens is 350 g/mol. The van der Waals surface area contributed by atoms with Gasteiger partial charge in [-0.3, -0.25) is 9.59 Å². The van der Waals surface area contributed by atoms with E-state index >= 15 is 0 Å². The summed E-state index contributed by atoms with van der Waals surface area (Å²) >= 11 is 1.07. The highest BCUT2D eigenvalue weighted by molar-refractivity contribution is 8.00. The molecule has 8 nitrogen and oxygen atoms in total. The third-order valence-electron chi connectivity index (χ3n) is 3.45. The van der Waals surface area contributed by atoms with Gasteiger partial charge in [0.05, 0.1) is 43.7 Å². The van der Waals surface area contributed by atoms with Crippen molar-refractivity contribution in [3.05, 3.63) is 29.0 Å². The van der Waals surface area contributed by atoms with Crippen LogP contribution in [0.1, 0.15) is 31.1 Å². The average Bonchev–Trinajstić information content (AvgIpc) is 3.07. The summed E-state index contributed by atoms with van der Waals surface area (Å²) in [6, 6.07) is 1.40. The first kappa shape index (κ1) is 18.5. The van der Waals surface area contributed by atoms with E-state index in [1.165, 1.54) is 33.6 Å². The minimum Gasteiger partial charge on any atom is -0.468 e. The van der Waals surface area contributed by atoms with Crippen molar-refractivity contribution in [2.45, 2.75) is 4.90 Å².